The van der Waals surface area contributed by atoms with E-state index in [0.717, 1.165) is 0 Å². The normalized spacial score (nSPS) is 12.4. The van der Waals surface area contributed by atoms with E-state index >= 15 is 0 Å². The van der Waals surface area contributed by atoms with Crippen molar-refractivity contribution in [2.45, 2.75) is 11.8 Å². The molecule has 2 aromatic rings. The Bertz CT molecular complexity index is 634. The van der Waals surface area contributed by atoms with E-state index in [0.29, 0.717) is 15.7 Å². The van der Waals surface area contributed by atoms with Crippen LogP contribution >= 0.6 is 32.0 Å². The van der Waals surface area contributed by atoms with Gasteiger partial charge in [0.2, 0.25) is 0 Å². The van der Waals surface area contributed by atoms with Crippen LogP contribution in [0.2, 0.25) is 5.02 Å². The van der Waals surface area contributed by atoms with E-state index in [9.17, 15) is 8.78 Å². The summed E-state index contributed by atoms with van der Waals surface area (Å²) >= 11 is 5.73. The highest BCUT2D eigenvalue weighted by molar-refractivity contribution is 8.34. The molecule has 0 aliphatic rings. The van der Waals surface area contributed by atoms with Crippen molar-refractivity contribution in [2.24, 2.45) is 0 Å². The van der Waals surface area contributed by atoms with E-state index in [-0.39, 0.29) is 0 Å². The molecule has 2 aromatic carbocycles. The van der Waals surface area contributed by atoms with Crippen molar-refractivity contribution < 1.29 is 13.5 Å². The molecule has 20 heavy (non-hydrogen) atoms. The van der Waals surface area contributed by atoms with Crippen LogP contribution < -0.4 is 4.74 Å². The SMILES string of the molecule is C/C=S(/Cl)c1cc(F)c(Oc2ccc(Cl)cc2)c(F)c1. The summed E-state index contributed by atoms with van der Waals surface area (Å²) in [7, 11) is 5.12. The second-order valence-electron chi connectivity index (χ2n) is 3.79. The predicted molar refractivity (Wildman–Crippen MR) is 81.3 cm³/mol. The fourth-order valence-corrected chi connectivity index (χ4v) is 2.60. The maximum atomic E-state index is 13.9. The van der Waals surface area contributed by atoms with Gasteiger partial charge < -0.3 is 4.74 Å². The minimum Gasteiger partial charge on any atom is -0.451 e. The van der Waals surface area contributed by atoms with Crippen LogP contribution in [-0.4, -0.2) is 5.37 Å². The molecule has 1 unspecified atom stereocenters. The number of hydrogen-bond donors (Lipinski definition) is 0. The Kier molecular flexibility index (Phi) is 5.02. The highest BCUT2D eigenvalue weighted by Gasteiger charge is 2.14. The van der Waals surface area contributed by atoms with Crippen LogP contribution in [0.25, 0.3) is 0 Å². The summed E-state index contributed by atoms with van der Waals surface area (Å²) < 4.78 is 33.0. The lowest BCUT2D eigenvalue weighted by Crippen LogP contribution is -1.93. The van der Waals surface area contributed by atoms with Gasteiger partial charge in [-0.3, -0.25) is 0 Å². The first-order valence-corrected chi connectivity index (χ1v) is 8.11. The first kappa shape index (κ1) is 15.3. The van der Waals surface area contributed by atoms with Gasteiger partial charge in [0.25, 0.3) is 0 Å². The van der Waals surface area contributed by atoms with Crippen LogP contribution in [0.5, 0.6) is 11.5 Å². The van der Waals surface area contributed by atoms with E-state index < -0.39 is 27.1 Å². The monoisotopic (exact) mass is 334 g/mol. The number of ether oxygens (including phenoxy) is 1. The zero-order valence-corrected chi connectivity index (χ0v) is 12.7. The highest BCUT2D eigenvalue weighted by atomic mass is 35.7. The lowest BCUT2D eigenvalue weighted by molar-refractivity contribution is 0.405. The highest BCUT2D eigenvalue weighted by Crippen LogP contribution is 2.36. The Morgan fingerprint density at radius 1 is 1.10 bits per heavy atom. The van der Waals surface area contributed by atoms with Gasteiger partial charge in [-0.15, -0.1) is 0 Å². The maximum Gasteiger partial charge on any atom is 0.198 e. The summed E-state index contributed by atoms with van der Waals surface area (Å²) in [6.45, 7) is 1.73. The fraction of sp³-hybridized carbons (Fsp3) is 0.0714. The van der Waals surface area contributed by atoms with Crippen LogP contribution in [0.15, 0.2) is 41.3 Å². The number of benzene rings is 2. The molecule has 0 aromatic heterocycles. The van der Waals surface area contributed by atoms with Crippen molar-refractivity contribution in [3.8, 4) is 11.5 Å². The molecule has 0 aliphatic heterocycles. The lowest BCUT2D eigenvalue weighted by Gasteiger charge is -2.10. The van der Waals surface area contributed by atoms with Crippen LogP contribution in [-0.2, 0) is 0 Å². The largest absolute Gasteiger partial charge is 0.451 e. The Hall–Kier alpha value is -1.10. The molecular formula is C14H10Cl2F2OS. The molecule has 6 heteroatoms. The van der Waals surface area contributed by atoms with Crippen LogP contribution in [0.3, 0.4) is 0 Å². The van der Waals surface area contributed by atoms with Crippen molar-refractivity contribution in [3.63, 3.8) is 0 Å². The first-order valence-electron chi connectivity index (χ1n) is 5.62. The van der Waals surface area contributed by atoms with Gasteiger partial charge in [0.15, 0.2) is 17.4 Å². The van der Waals surface area contributed by atoms with Gasteiger partial charge >= 0.3 is 0 Å². The van der Waals surface area contributed by atoms with E-state index in [2.05, 4.69) is 0 Å². The topological polar surface area (TPSA) is 9.23 Å². The van der Waals surface area contributed by atoms with Gasteiger partial charge in [0.1, 0.15) is 5.75 Å². The summed E-state index contributed by atoms with van der Waals surface area (Å²) in [6, 6.07) is 8.55. The van der Waals surface area contributed by atoms with Gasteiger partial charge in [-0.05, 0) is 59.4 Å². The van der Waals surface area contributed by atoms with E-state index in [1.54, 1.807) is 24.4 Å². The lowest BCUT2D eigenvalue weighted by atomic mass is 10.3. The molecule has 0 spiro atoms. The molecular weight excluding hydrogens is 325 g/mol. The smallest absolute Gasteiger partial charge is 0.198 e. The second-order valence-corrected chi connectivity index (χ2v) is 6.74. The van der Waals surface area contributed by atoms with Gasteiger partial charge in [0.05, 0.1) is 0 Å². The maximum absolute atomic E-state index is 13.9. The molecule has 0 saturated heterocycles. The molecule has 0 radical (unpaired) electrons. The van der Waals surface area contributed by atoms with E-state index in [1.165, 1.54) is 24.3 Å². The van der Waals surface area contributed by atoms with Gasteiger partial charge in [-0.1, -0.05) is 21.3 Å². The average molecular weight is 335 g/mol. The van der Waals surface area contributed by atoms with Crippen molar-refractivity contribution >= 4 is 37.3 Å². The molecule has 2 rings (SSSR count). The zero-order valence-electron chi connectivity index (χ0n) is 10.4. The Morgan fingerprint density at radius 2 is 1.65 bits per heavy atom. The average Bonchev–Trinajstić information content (AvgIpc) is 2.43. The number of hydrogen-bond acceptors (Lipinski definition) is 1. The minimum absolute atomic E-state index is 0.298. The summed E-state index contributed by atoms with van der Waals surface area (Å²) in [6.07, 6.45) is 0. The van der Waals surface area contributed by atoms with Crippen LogP contribution in [0, 0.1) is 11.6 Å². The van der Waals surface area contributed by atoms with E-state index in [1.807, 2.05) is 0 Å². The van der Waals surface area contributed by atoms with Crippen molar-refractivity contribution in [2.75, 3.05) is 0 Å². The minimum atomic E-state index is -0.825. The molecule has 0 amide bonds. The third-order valence-corrected chi connectivity index (χ3v) is 4.86. The summed E-state index contributed by atoms with van der Waals surface area (Å²) in [4.78, 5) is 0.368. The predicted octanol–water partition coefficient (Wildman–Crippen LogP) is 6.01. The molecule has 0 aliphatic carbocycles. The molecule has 0 bridgehead atoms. The van der Waals surface area contributed by atoms with Crippen molar-refractivity contribution in [3.05, 3.63) is 53.1 Å². The third kappa shape index (κ3) is 3.51. The van der Waals surface area contributed by atoms with Gasteiger partial charge in [-0.25, -0.2) is 8.78 Å². The molecule has 0 heterocycles. The third-order valence-electron chi connectivity index (χ3n) is 2.44. The summed E-state index contributed by atoms with van der Waals surface area (Å²) in [5, 5.41) is 2.17. The van der Waals surface area contributed by atoms with Crippen molar-refractivity contribution in [1.82, 2.24) is 0 Å². The fourth-order valence-electron chi connectivity index (χ4n) is 1.50. The Labute approximate surface area is 127 Å². The Balaban J connectivity index is 2.35. The second kappa shape index (κ2) is 6.57. The number of rotatable bonds is 3. The molecule has 0 fully saturated rings. The first-order chi connectivity index (χ1) is 9.51. The molecule has 1 atom stereocenters. The number of halogens is 4. The van der Waals surface area contributed by atoms with Crippen molar-refractivity contribution in [1.29, 1.82) is 0 Å². The van der Waals surface area contributed by atoms with Crippen LogP contribution in [0.4, 0.5) is 8.78 Å². The van der Waals surface area contributed by atoms with E-state index in [4.69, 9.17) is 27.0 Å². The van der Waals surface area contributed by atoms with Gasteiger partial charge in [-0.2, -0.15) is 0 Å². The molecule has 0 N–H and O–H groups in total. The standard InChI is InChI=1S/C14H10Cl2F2OS/c1-2-20(16)11-7-12(17)14(13(18)8-11)19-10-5-3-9(15)4-6-10/h2-8H,1H3. The molecule has 0 saturated carbocycles. The molecule has 106 valence electrons. The molecule has 1 nitrogen and oxygen atoms in total. The summed E-state index contributed by atoms with van der Waals surface area (Å²) in [5.41, 5.74) is 0. The van der Waals surface area contributed by atoms with Gasteiger partial charge in [0, 0.05) is 9.92 Å². The zero-order chi connectivity index (χ0) is 14.7. The summed E-state index contributed by atoms with van der Waals surface area (Å²) in [5.74, 6) is -1.75. The quantitative estimate of drug-likeness (QED) is 0.624. The Morgan fingerprint density at radius 3 is 2.15 bits per heavy atom. The van der Waals surface area contributed by atoms with Crippen LogP contribution in [0.1, 0.15) is 6.92 Å².